The third-order valence-electron chi connectivity index (χ3n) is 4.57. The smallest absolute Gasteiger partial charge is 0.242 e. The van der Waals surface area contributed by atoms with Crippen LogP contribution >= 0.6 is 23.4 Å². The molecule has 0 aromatic heterocycles. The number of nitrogens with zero attached hydrogens (tertiary/aromatic N) is 2. The second-order valence-electron chi connectivity index (χ2n) is 6.79. The predicted octanol–water partition coefficient (Wildman–Crippen LogP) is 4.73. The first-order chi connectivity index (χ1) is 14.9. The minimum Gasteiger partial charge on any atom is -0.497 e. The van der Waals surface area contributed by atoms with Gasteiger partial charge in [-0.05, 0) is 48.9 Å². The fraction of sp³-hybridized carbons (Fsp3) is 0.318. The zero-order valence-electron chi connectivity index (χ0n) is 17.6. The maximum absolute atomic E-state index is 12.9. The predicted molar refractivity (Wildman–Crippen MR) is 125 cm³/mol. The highest BCUT2D eigenvalue weighted by Crippen LogP contribution is 2.33. The molecule has 1 N–H and O–H groups in total. The molecule has 1 heterocycles. The van der Waals surface area contributed by atoms with Gasteiger partial charge in [0.2, 0.25) is 11.8 Å². The molecular formula is C22H24ClN3O4S. The normalized spacial score (nSPS) is 17.2. The van der Waals surface area contributed by atoms with E-state index in [0.717, 1.165) is 17.9 Å². The Morgan fingerprint density at radius 2 is 1.94 bits per heavy atom. The van der Waals surface area contributed by atoms with Gasteiger partial charge in [0.15, 0.2) is 5.17 Å². The Bertz CT molecular complexity index is 981. The first-order valence-electron chi connectivity index (χ1n) is 9.79. The van der Waals surface area contributed by atoms with Gasteiger partial charge in [0.25, 0.3) is 0 Å². The van der Waals surface area contributed by atoms with Crippen LogP contribution in [0.5, 0.6) is 11.5 Å². The van der Waals surface area contributed by atoms with Gasteiger partial charge in [0, 0.05) is 18.7 Å². The summed E-state index contributed by atoms with van der Waals surface area (Å²) in [4.78, 5) is 31.7. The lowest BCUT2D eigenvalue weighted by molar-refractivity contribution is -0.128. The van der Waals surface area contributed by atoms with Crippen molar-refractivity contribution in [3.05, 3.63) is 47.5 Å². The zero-order chi connectivity index (χ0) is 22.4. The highest BCUT2D eigenvalue weighted by molar-refractivity contribution is 8.15. The van der Waals surface area contributed by atoms with Crippen molar-refractivity contribution >= 4 is 51.7 Å². The summed E-state index contributed by atoms with van der Waals surface area (Å²) < 4.78 is 10.3. The number of amides is 2. The summed E-state index contributed by atoms with van der Waals surface area (Å²) in [6.45, 7) is 2.55. The molecular weight excluding hydrogens is 438 g/mol. The summed E-state index contributed by atoms with van der Waals surface area (Å²) in [7, 11) is 3.13. The molecule has 2 aromatic carbocycles. The van der Waals surface area contributed by atoms with Crippen LogP contribution in [-0.2, 0) is 9.59 Å². The lowest BCUT2D eigenvalue weighted by Gasteiger charge is -2.15. The molecule has 1 aliphatic rings. The molecule has 0 spiro atoms. The number of aliphatic imine (C=N–C) groups is 1. The number of nitrogens with one attached hydrogen (secondary N) is 1. The molecule has 3 rings (SSSR count). The Kier molecular flexibility index (Phi) is 7.81. The monoisotopic (exact) mass is 461 g/mol. The molecule has 1 atom stereocenters. The van der Waals surface area contributed by atoms with Crippen LogP contribution in [0.25, 0.3) is 0 Å². The Hall–Kier alpha value is -2.71. The first kappa shape index (κ1) is 23.0. The van der Waals surface area contributed by atoms with Gasteiger partial charge < -0.3 is 14.8 Å². The van der Waals surface area contributed by atoms with Crippen LogP contribution in [0.4, 0.5) is 11.4 Å². The van der Waals surface area contributed by atoms with Gasteiger partial charge in [-0.1, -0.05) is 30.3 Å². The molecule has 0 saturated carbocycles. The van der Waals surface area contributed by atoms with E-state index in [1.165, 1.54) is 18.9 Å². The average Bonchev–Trinajstić information content (AvgIpc) is 3.03. The second-order valence-corrected chi connectivity index (χ2v) is 8.37. The molecule has 1 saturated heterocycles. The van der Waals surface area contributed by atoms with E-state index in [9.17, 15) is 9.59 Å². The molecule has 1 unspecified atom stereocenters. The van der Waals surface area contributed by atoms with Crippen molar-refractivity contribution in [1.29, 1.82) is 0 Å². The van der Waals surface area contributed by atoms with E-state index in [-0.39, 0.29) is 18.2 Å². The van der Waals surface area contributed by atoms with Crippen molar-refractivity contribution in [2.24, 2.45) is 4.99 Å². The van der Waals surface area contributed by atoms with Gasteiger partial charge in [-0.15, -0.1) is 0 Å². The minimum absolute atomic E-state index is 0.0367. The van der Waals surface area contributed by atoms with Gasteiger partial charge in [-0.3, -0.25) is 14.5 Å². The van der Waals surface area contributed by atoms with E-state index in [1.807, 2.05) is 31.2 Å². The van der Waals surface area contributed by atoms with Gasteiger partial charge in [0.05, 0.1) is 24.9 Å². The minimum atomic E-state index is -0.530. The SMILES string of the molecule is CCCN1C(=O)C(CC(=O)Nc2ccc(OC)c(Cl)c2)SC1=Nc1ccc(OC)cc1. The van der Waals surface area contributed by atoms with Crippen molar-refractivity contribution in [2.45, 2.75) is 25.0 Å². The van der Waals surface area contributed by atoms with Crippen molar-refractivity contribution in [1.82, 2.24) is 4.90 Å². The summed E-state index contributed by atoms with van der Waals surface area (Å²) in [5.74, 6) is 0.879. The average molecular weight is 462 g/mol. The maximum atomic E-state index is 12.9. The third kappa shape index (κ3) is 5.71. The lowest BCUT2D eigenvalue weighted by Crippen LogP contribution is -2.34. The number of ether oxygens (including phenoxy) is 2. The fourth-order valence-electron chi connectivity index (χ4n) is 3.05. The molecule has 0 aliphatic carbocycles. The standard InChI is InChI=1S/C22H24ClN3O4S/c1-4-11-26-21(28)19(31-22(26)25-14-5-8-16(29-2)9-6-14)13-20(27)24-15-7-10-18(30-3)17(23)12-15/h5-10,12,19H,4,11,13H2,1-3H3,(H,24,27). The van der Waals surface area contributed by atoms with Gasteiger partial charge >= 0.3 is 0 Å². The van der Waals surface area contributed by atoms with Crippen molar-refractivity contribution < 1.29 is 19.1 Å². The Balaban J connectivity index is 1.71. The molecule has 1 fully saturated rings. The van der Waals surface area contributed by atoms with Crippen LogP contribution in [-0.4, -0.2) is 47.9 Å². The number of anilines is 1. The number of amidine groups is 1. The van der Waals surface area contributed by atoms with Crippen LogP contribution in [0.3, 0.4) is 0 Å². The molecule has 164 valence electrons. The van der Waals surface area contributed by atoms with Crippen molar-refractivity contribution in [3.8, 4) is 11.5 Å². The topological polar surface area (TPSA) is 80.2 Å². The number of hydrogen-bond donors (Lipinski definition) is 1. The van der Waals surface area contributed by atoms with Crippen LogP contribution in [0.1, 0.15) is 19.8 Å². The summed E-state index contributed by atoms with van der Waals surface area (Å²) in [6.07, 6.45) is 0.826. The number of hydrogen-bond acceptors (Lipinski definition) is 6. The molecule has 2 aromatic rings. The molecule has 7 nitrogen and oxygen atoms in total. The van der Waals surface area contributed by atoms with E-state index in [4.69, 9.17) is 21.1 Å². The Labute approximate surface area is 190 Å². The number of methoxy groups -OCH3 is 2. The van der Waals surface area contributed by atoms with E-state index in [1.54, 1.807) is 30.2 Å². The third-order valence-corrected chi connectivity index (χ3v) is 6.04. The second kappa shape index (κ2) is 10.5. The molecule has 0 bridgehead atoms. The van der Waals surface area contributed by atoms with Crippen LogP contribution in [0.15, 0.2) is 47.5 Å². The van der Waals surface area contributed by atoms with E-state index in [0.29, 0.717) is 28.2 Å². The lowest BCUT2D eigenvalue weighted by atomic mass is 10.2. The molecule has 1 aliphatic heterocycles. The highest BCUT2D eigenvalue weighted by Gasteiger charge is 2.38. The number of benzene rings is 2. The summed E-state index contributed by atoms with van der Waals surface area (Å²) in [6, 6.07) is 12.3. The number of rotatable bonds is 8. The number of carbonyl (C=O) groups is 2. The number of carbonyl (C=O) groups excluding carboxylic acids is 2. The number of halogens is 1. The van der Waals surface area contributed by atoms with Gasteiger partial charge in [0.1, 0.15) is 16.7 Å². The first-order valence-corrected chi connectivity index (χ1v) is 11.0. The van der Waals surface area contributed by atoms with E-state index >= 15 is 0 Å². The molecule has 9 heteroatoms. The highest BCUT2D eigenvalue weighted by atomic mass is 35.5. The van der Waals surface area contributed by atoms with E-state index in [2.05, 4.69) is 10.3 Å². The molecule has 2 amide bonds. The Morgan fingerprint density at radius 3 is 2.55 bits per heavy atom. The Morgan fingerprint density at radius 1 is 1.19 bits per heavy atom. The maximum Gasteiger partial charge on any atom is 0.242 e. The van der Waals surface area contributed by atoms with Crippen molar-refractivity contribution in [3.63, 3.8) is 0 Å². The molecule has 0 radical (unpaired) electrons. The van der Waals surface area contributed by atoms with Crippen molar-refractivity contribution in [2.75, 3.05) is 26.1 Å². The number of thioether (sulfide) groups is 1. The van der Waals surface area contributed by atoms with Gasteiger partial charge in [-0.25, -0.2) is 4.99 Å². The quantitative estimate of drug-likeness (QED) is 0.614. The van der Waals surface area contributed by atoms with E-state index < -0.39 is 5.25 Å². The fourth-order valence-corrected chi connectivity index (χ4v) is 4.49. The van der Waals surface area contributed by atoms with Gasteiger partial charge in [-0.2, -0.15) is 0 Å². The molecule has 31 heavy (non-hydrogen) atoms. The van der Waals surface area contributed by atoms with Crippen LogP contribution in [0.2, 0.25) is 5.02 Å². The summed E-state index contributed by atoms with van der Waals surface area (Å²) in [5.41, 5.74) is 1.26. The largest absolute Gasteiger partial charge is 0.497 e. The summed E-state index contributed by atoms with van der Waals surface area (Å²) in [5, 5.41) is 3.26. The zero-order valence-corrected chi connectivity index (χ0v) is 19.1. The van der Waals surface area contributed by atoms with Crippen LogP contribution < -0.4 is 14.8 Å². The summed E-state index contributed by atoms with van der Waals surface area (Å²) >= 11 is 7.42. The van der Waals surface area contributed by atoms with Crippen LogP contribution in [0, 0.1) is 0 Å².